The first kappa shape index (κ1) is 12.4. The number of aromatic hydroxyl groups is 1. The van der Waals surface area contributed by atoms with Crippen molar-refractivity contribution in [1.82, 2.24) is 0 Å². The summed E-state index contributed by atoms with van der Waals surface area (Å²) < 4.78 is 17.4. The maximum atomic E-state index is 12.9. The Morgan fingerprint density at radius 3 is 2.56 bits per heavy atom. The van der Waals surface area contributed by atoms with Crippen LogP contribution in [0.5, 0.6) is 5.75 Å². The van der Waals surface area contributed by atoms with Gasteiger partial charge in [-0.15, -0.1) is 0 Å². The first-order chi connectivity index (χ1) is 7.45. The van der Waals surface area contributed by atoms with E-state index in [-0.39, 0.29) is 11.3 Å². The molecule has 2 N–H and O–H groups in total. The highest BCUT2D eigenvalue weighted by Crippen LogP contribution is 2.26. The van der Waals surface area contributed by atoms with Crippen LogP contribution in [0.1, 0.15) is 18.6 Å². The van der Waals surface area contributed by atoms with Crippen molar-refractivity contribution in [2.24, 2.45) is 5.92 Å². The molecule has 0 bridgehead atoms. The van der Waals surface area contributed by atoms with Crippen molar-refractivity contribution in [3.63, 3.8) is 0 Å². The van der Waals surface area contributed by atoms with Gasteiger partial charge in [-0.3, -0.25) is 4.79 Å². The second kappa shape index (κ2) is 4.94. The molecular weight excluding hydrogens is 215 g/mol. The van der Waals surface area contributed by atoms with Crippen molar-refractivity contribution in [1.29, 1.82) is 0 Å². The molecule has 0 aromatic heterocycles. The van der Waals surface area contributed by atoms with Crippen LogP contribution in [0.25, 0.3) is 0 Å². The van der Waals surface area contributed by atoms with Crippen LogP contribution >= 0.6 is 0 Å². The molecule has 0 saturated heterocycles. The number of rotatable bonds is 3. The minimum Gasteiger partial charge on any atom is -0.508 e. The van der Waals surface area contributed by atoms with Gasteiger partial charge in [0.2, 0.25) is 0 Å². The van der Waals surface area contributed by atoms with Gasteiger partial charge in [-0.1, -0.05) is 0 Å². The lowest BCUT2D eigenvalue weighted by molar-refractivity contribution is -0.148. The van der Waals surface area contributed by atoms with Gasteiger partial charge >= 0.3 is 5.97 Å². The van der Waals surface area contributed by atoms with Crippen LogP contribution in [0.2, 0.25) is 0 Å². The quantitative estimate of drug-likeness (QED) is 0.767. The monoisotopic (exact) mass is 228 g/mol. The van der Waals surface area contributed by atoms with E-state index in [0.29, 0.717) is 0 Å². The largest absolute Gasteiger partial charge is 0.508 e. The minimum absolute atomic E-state index is 0.135. The molecule has 0 aliphatic rings. The number of aliphatic hydroxyl groups excluding tert-OH is 1. The van der Waals surface area contributed by atoms with E-state index >= 15 is 0 Å². The van der Waals surface area contributed by atoms with Gasteiger partial charge < -0.3 is 14.9 Å². The molecule has 0 amide bonds. The van der Waals surface area contributed by atoms with E-state index in [2.05, 4.69) is 4.74 Å². The van der Waals surface area contributed by atoms with E-state index in [4.69, 9.17) is 5.11 Å². The lowest BCUT2D eigenvalue weighted by Crippen LogP contribution is -2.20. The van der Waals surface area contributed by atoms with Gasteiger partial charge in [0.05, 0.1) is 19.1 Å². The average molecular weight is 228 g/mol. The van der Waals surface area contributed by atoms with Crippen LogP contribution in [0.3, 0.4) is 0 Å². The fraction of sp³-hybridized carbons (Fsp3) is 0.364. The lowest BCUT2D eigenvalue weighted by atomic mass is 9.97. The summed E-state index contributed by atoms with van der Waals surface area (Å²) in [4.78, 5) is 11.2. The number of phenolic OH excluding ortho intramolecular Hbond substituents is 1. The molecule has 16 heavy (non-hydrogen) atoms. The third-order valence-corrected chi connectivity index (χ3v) is 2.29. The molecule has 0 aliphatic heterocycles. The second-order valence-corrected chi connectivity index (χ2v) is 3.50. The molecule has 2 atom stereocenters. The van der Waals surface area contributed by atoms with Crippen molar-refractivity contribution in [3.8, 4) is 5.75 Å². The maximum Gasteiger partial charge on any atom is 0.311 e. The summed E-state index contributed by atoms with van der Waals surface area (Å²) in [5.74, 6) is -2.40. The standard InChI is InChI=1S/C11H13FO4/c1-6(11(15)16-2)10(14)7-3-8(12)5-9(13)4-7/h3-6,10,13-14H,1-2H3. The molecule has 1 aromatic rings. The summed E-state index contributed by atoms with van der Waals surface area (Å²) in [5, 5.41) is 18.9. The number of hydrogen-bond acceptors (Lipinski definition) is 4. The summed E-state index contributed by atoms with van der Waals surface area (Å²) in [7, 11) is 1.20. The number of phenols is 1. The van der Waals surface area contributed by atoms with Gasteiger partial charge in [-0.05, 0) is 24.6 Å². The smallest absolute Gasteiger partial charge is 0.311 e. The van der Waals surface area contributed by atoms with E-state index in [1.165, 1.54) is 20.1 Å². The van der Waals surface area contributed by atoms with Gasteiger partial charge in [-0.2, -0.15) is 0 Å². The van der Waals surface area contributed by atoms with Gasteiger partial charge in [0.15, 0.2) is 0 Å². The molecule has 1 rings (SSSR count). The molecule has 0 heterocycles. The number of ether oxygens (including phenoxy) is 1. The summed E-state index contributed by atoms with van der Waals surface area (Å²) in [5.41, 5.74) is 0.135. The zero-order valence-electron chi connectivity index (χ0n) is 8.98. The van der Waals surface area contributed by atoms with E-state index in [1.807, 2.05) is 0 Å². The molecule has 88 valence electrons. The molecule has 0 saturated carbocycles. The predicted octanol–water partition coefficient (Wildman–Crippen LogP) is 1.37. The zero-order chi connectivity index (χ0) is 12.3. The van der Waals surface area contributed by atoms with Gasteiger partial charge in [0.1, 0.15) is 11.6 Å². The number of methoxy groups -OCH3 is 1. The zero-order valence-corrected chi connectivity index (χ0v) is 8.98. The maximum absolute atomic E-state index is 12.9. The Balaban J connectivity index is 2.95. The summed E-state index contributed by atoms with van der Waals surface area (Å²) >= 11 is 0. The van der Waals surface area contributed by atoms with Crippen molar-refractivity contribution >= 4 is 5.97 Å². The van der Waals surface area contributed by atoms with Crippen molar-refractivity contribution in [2.45, 2.75) is 13.0 Å². The molecule has 2 unspecified atom stereocenters. The molecule has 0 spiro atoms. The van der Waals surface area contributed by atoms with Gasteiger partial charge in [-0.25, -0.2) is 4.39 Å². The molecule has 0 aliphatic carbocycles. The molecule has 0 fully saturated rings. The van der Waals surface area contributed by atoms with Crippen LogP contribution in [0.4, 0.5) is 4.39 Å². The summed E-state index contributed by atoms with van der Waals surface area (Å²) in [6.07, 6.45) is -1.21. The molecular formula is C11H13FO4. The van der Waals surface area contributed by atoms with E-state index < -0.39 is 23.8 Å². The Morgan fingerprint density at radius 2 is 2.06 bits per heavy atom. The fourth-order valence-electron chi connectivity index (χ4n) is 1.37. The number of esters is 1. The van der Waals surface area contributed by atoms with Crippen LogP contribution < -0.4 is 0 Å². The van der Waals surface area contributed by atoms with E-state index in [0.717, 1.165) is 12.1 Å². The second-order valence-electron chi connectivity index (χ2n) is 3.50. The molecule has 4 nitrogen and oxygen atoms in total. The third kappa shape index (κ3) is 2.70. The Morgan fingerprint density at radius 1 is 1.44 bits per heavy atom. The third-order valence-electron chi connectivity index (χ3n) is 2.29. The van der Waals surface area contributed by atoms with Crippen LogP contribution in [0.15, 0.2) is 18.2 Å². The van der Waals surface area contributed by atoms with Crippen LogP contribution in [0, 0.1) is 11.7 Å². The first-order valence-electron chi connectivity index (χ1n) is 4.71. The van der Waals surface area contributed by atoms with Crippen molar-refractivity contribution in [3.05, 3.63) is 29.6 Å². The highest BCUT2D eigenvalue weighted by Gasteiger charge is 2.24. The lowest BCUT2D eigenvalue weighted by Gasteiger charge is -2.17. The van der Waals surface area contributed by atoms with Gasteiger partial charge in [0, 0.05) is 6.07 Å². The van der Waals surface area contributed by atoms with Crippen LogP contribution in [-0.2, 0) is 9.53 Å². The van der Waals surface area contributed by atoms with Crippen LogP contribution in [-0.4, -0.2) is 23.3 Å². The number of benzene rings is 1. The van der Waals surface area contributed by atoms with E-state index in [1.54, 1.807) is 0 Å². The molecule has 1 aromatic carbocycles. The highest BCUT2D eigenvalue weighted by molar-refractivity contribution is 5.72. The molecule has 0 radical (unpaired) electrons. The Labute approximate surface area is 92.3 Å². The van der Waals surface area contributed by atoms with Gasteiger partial charge in [0.25, 0.3) is 0 Å². The highest BCUT2D eigenvalue weighted by atomic mass is 19.1. The summed E-state index contributed by atoms with van der Waals surface area (Å²) in [6.45, 7) is 1.46. The topological polar surface area (TPSA) is 66.8 Å². The van der Waals surface area contributed by atoms with Crippen molar-refractivity contribution < 1.29 is 24.1 Å². The minimum atomic E-state index is -1.21. The number of carbonyl (C=O) groups is 1. The molecule has 5 heteroatoms. The number of halogens is 1. The van der Waals surface area contributed by atoms with E-state index in [9.17, 15) is 14.3 Å². The number of hydrogen-bond donors (Lipinski definition) is 2. The van der Waals surface area contributed by atoms with Crippen molar-refractivity contribution in [2.75, 3.05) is 7.11 Å². The Hall–Kier alpha value is -1.62. The normalized spacial score (nSPS) is 14.2. The predicted molar refractivity (Wildman–Crippen MR) is 54.2 cm³/mol. The Kier molecular flexibility index (Phi) is 3.84. The summed E-state index contributed by atoms with van der Waals surface area (Å²) in [6, 6.07) is 3.18. The number of carbonyl (C=O) groups excluding carboxylic acids is 1. The fourth-order valence-corrected chi connectivity index (χ4v) is 1.37. The first-order valence-corrected chi connectivity index (χ1v) is 4.71. The Bertz CT molecular complexity index is 371. The average Bonchev–Trinajstić information content (AvgIpc) is 2.24. The number of aliphatic hydroxyl groups is 1. The SMILES string of the molecule is COC(=O)C(C)C(O)c1cc(O)cc(F)c1.